The molecule has 0 saturated heterocycles. The van der Waals surface area contributed by atoms with Crippen molar-refractivity contribution in [3.63, 3.8) is 0 Å². The maximum absolute atomic E-state index is 12.0. The number of nitrogens with one attached hydrogen (secondary N) is 2. The number of esters is 1. The standard InChI is InChI=1S/C14H17ClN2O4/c1-3-7-16-12(18)10-8-9(15)5-6-11(10)17-13(19)14(20)21-4-2/h5-6,8H,3-4,7H2,1-2H3,(H,16,18)(H,17,19). The Bertz CT molecular complexity index is 546. The number of carbonyl (C=O) groups excluding carboxylic acids is 3. The fraction of sp³-hybridized carbons (Fsp3) is 0.357. The van der Waals surface area contributed by atoms with E-state index in [2.05, 4.69) is 15.4 Å². The molecule has 2 amide bonds. The van der Waals surface area contributed by atoms with Crippen molar-refractivity contribution in [2.24, 2.45) is 0 Å². The number of rotatable bonds is 5. The lowest BCUT2D eigenvalue weighted by atomic mass is 10.1. The van der Waals surface area contributed by atoms with E-state index < -0.39 is 11.9 Å². The Morgan fingerprint density at radius 3 is 2.57 bits per heavy atom. The van der Waals surface area contributed by atoms with Crippen LogP contribution in [0, 0.1) is 0 Å². The van der Waals surface area contributed by atoms with E-state index in [1.165, 1.54) is 18.2 Å². The SMILES string of the molecule is CCCNC(=O)c1cc(Cl)ccc1NC(=O)C(=O)OCC. The Morgan fingerprint density at radius 1 is 1.24 bits per heavy atom. The first-order chi connectivity index (χ1) is 9.99. The molecular formula is C14H17ClN2O4. The lowest BCUT2D eigenvalue weighted by Gasteiger charge is -2.11. The minimum absolute atomic E-state index is 0.0940. The average Bonchev–Trinajstić information content (AvgIpc) is 2.46. The van der Waals surface area contributed by atoms with E-state index >= 15 is 0 Å². The molecule has 21 heavy (non-hydrogen) atoms. The molecule has 0 aliphatic rings. The molecule has 0 heterocycles. The molecular weight excluding hydrogens is 296 g/mol. The topological polar surface area (TPSA) is 84.5 Å². The van der Waals surface area contributed by atoms with Gasteiger partial charge in [0.15, 0.2) is 0 Å². The molecule has 0 unspecified atom stereocenters. The number of hydrogen-bond acceptors (Lipinski definition) is 4. The van der Waals surface area contributed by atoms with Crippen LogP contribution in [0.1, 0.15) is 30.6 Å². The maximum atomic E-state index is 12.0. The lowest BCUT2D eigenvalue weighted by molar-refractivity contribution is -0.152. The second-order valence-corrected chi connectivity index (χ2v) is 4.56. The van der Waals surface area contributed by atoms with Crippen molar-refractivity contribution in [2.75, 3.05) is 18.5 Å². The van der Waals surface area contributed by atoms with Gasteiger partial charge in [-0.2, -0.15) is 0 Å². The predicted octanol–water partition coefficient (Wildman–Crippen LogP) is 1.98. The third-order valence-corrected chi connectivity index (χ3v) is 2.71. The quantitative estimate of drug-likeness (QED) is 0.643. The van der Waals surface area contributed by atoms with Crippen molar-refractivity contribution in [3.05, 3.63) is 28.8 Å². The second-order valence-electron chi connectivity index (χ2n) is 4.12. The summed E-state index contributed by atoms with van der Waals surface area (Å²) in [5.74, 6) is -2.32. The number of anilines is 1. The Labute approximate surface area is 127 Å². The molecule has 1 aromatic carbocycles. The largest absolute Gasteiger partial charge is 0.459 e. The number of halogens is 1. The highest BCUT2D eigenvalue weighted by Gasteiger charge is 2.19. The van der Waals surface area contributed by atoms with E-state index in [4.69, 9.17) is 11.6 Å². The molecule has 0 spiro atoms. The van der Waals surface area contributed by atoms with Gasteiger partial charge in [0, 0.05) is 11.6 Å². The van der Waals surface area contributed by atoms with Gasteiger partial charge >= 0.3 is 11.9 Å². The predicted molar refractivity (Wildman–Crippen MR) is 79.3 cm³/mol. The Balaban J connectivity index is 2.93. The summed E-state index contributed by atoms with van der Waals surface area (Å²) in [5, 5.41) is 5.38. The summed E-state index contributed by atoms with van der Waals surface area (Å²) in [5.41, 5.74) is 0.389. The van der Waals surface area contributed by atoms with Crippen LogP contribution >= 0.6 is 11.6 Å². The lowest BCUT2D eigenvalue weighted by Crippen LogP contribution is -2.28. The van der Waals surface area contributed by atoms with E-state index in [1.54, 1.807) is 6.92 Å². The third-order valence-electron chi connectivity index (χ3n) is 2.47. The fourth-order valence-corrected chi connectivity index (χ4v) is 1.69. The highest BCUT2D eigenvalue weighted by Crippen LogP contribution is 2.20. The van der Waals surface area contributed by atoms with Crippen molar-refractivity contribution < 1.29 is 19.1 Å². The zero-order valence-corrected chi connectivity index (χ0v) is 12.6. The minimum atomic E-state index is -1.01. The molecule has 1 aromatic rings. The van der Waals surface area contributed by atoms with Crippen LogP contribution < -0.4 is 10.6 Å². The number of ether oxygens (including phenoxy) is 1. The van der Waals surface area contributed by atoms with Crippen LogP contribution in [0.5, 0.6) is 0 Å². The molecule has 0 radical (unpaired) electrons. The summed E-state index contributed by atoms with van der Waals surface area (Å²) in [6.07, 6.45) is 0.775. The van der Waals surface area contributed by atoms with Crippen LogP contribution in [0.15, 0.2) is 18.2 Å². The maximum Gasteiger partial charge on any atom is 0.397 e. The first kappa shape index (κ1) is 17.0. The summed E-state index contributed by atoms with van der Waals surface area (Å²) in [6.45, 7) is 4.10. The van der Waals surface area contributed by atoms with E-state index in [9.17, 15) is 14.4 Å². The monoisotopic (exact) mass is 312 g/mol. The fourth-order valence-electron chi connectivity index (χ4n) is 1.52. The van der Waals surface area contributed by atoms with Crippen LogP contribution in [0.4, 0.5) is 5.69 Å². The zero-order valence-electron chi connectivity index (χ0n) is 11.9. The van der Waals surface area contributed by atoms with E-state index in [0.29, 0.717) is 11.6 Å². The first-order valence-electron chi connectivity index (χ1n) is 6.55. The van der Waals surface area contributed by atoms with Crippen LogP contribution in [0.3, 0.4) is 0 Å². The summed E-state index contributed by atoms with van der Waals surface area (Å²) in [6, 6.07) is 4.40. The van der Waals surface area contributed by atoms with Crippen molar-refractivity contribution in [3.8, 4) is 0 Å². The second kappa shape index (κ2) is 8.26. The number of hydrogen-bond donors (Lipinski definition) is 2. The molecule has 1 rings (SSSR count). The van der Waals surface area contributed by atoms with Crippen LogP contribution in [0.2, 0.25) is 5.02 Å². The van der Waals surface area contributed by atoms with Gasteiger partial charge in [-0.05, 0) is 31.5 Å². The number of benzene rings is 1. The van der Waals surface area contributed by atoms with Crippen LogP contribution in [-0.4, -0.2) is 30.9 Å². The third kappa shape index (κ3) is 5.07. The summed E-state index contributed by atoms with van der Waals surface area (Å²) in [7, 11) is 0. The summed E-state index contributed by atoms with van der Waals surface area (Å²) >= 11 is 5.86. The summed E-state index contributed by atoms with van der Waals surface area (Å²) in [4.78, 5) is 34.9. The highest BCUT2D eigenvalue weighted by atomic mass is 35.5. The Morgan fingerprint density at radius 2 is 1.95 bits per heavy atom. The molecule has 7 heteroatoms. The van der Waals surface area contributed by atoms with Gasteiger partial charge in [-0.25, -0.2) is 4.79 Å². The van der Waals surface area contributed by atoms with Gasteiger partial charge in [0.1, 0.15) is 0 Å². The molecule has 0 atom stereocenters. The van der Waals surface area contributed by atoms with E-state index in [1.807, 2.05) is 6.92 Å². The molecule has 0 bridgehead atoms. The van der Waals surface area contributed by atoms with E-state index in [0.717, 1.165) is 6.42 Å². The molecule has 0 aromatic heterocycles. The molecule has 6 nitrogen and oxygen atoms in total. The molecule has 0 fully saturated rings. The molecule has 0 saturated carbocycles. The van der Waals surface area contributed by atoms with Gasteiger partial charge in [-0.15, -0.1) is 0 Å². The normalized spacial score (nSPS) is 9.86. The van der Waals surface area contributed by atoms with Gasteiger partial charge in [0.05, 0.1) is 17.9 Å². The smallest absolute Gasteiger partial charge is 0.397 e. The molecule has 0 aliphatic carbocycles. The zero-order chi connectivity index (χ0) is 15.8. The first-order valence-corrected chi connectivity index (χ1v) is 6.93. The minimum Gasteiger partial charge on any atom is -0.459 e. The van der Waals surface area contributed by atoms with Gasteiger partial charge in [0.25, 0.3) is 5.91 Å². The van der Waals surface area contributed by atoms with Gasteiger partial charge < -0.3 is 15.4 Å². The highest BCUT2D eigenvalue weighted by molar-refractivity contribution is 6.38. The van der Waals surface area contributed by atoms with Crippen LogP contribution in [-0.2, 0) is 14.3 Å². The molecule has 0 aliphatic heterocycles. The van der Waals surface area contributed by atoms with Crippen molar-refractivity contribution in [1.82, 2.24) is 5.32 Å². The summed E-state index contributed by atoms with van der Waals surface area (Å²) < 4.78 is 4.59. The number of carbonyl (C=O) groups is 3. The number of amides is 2. The van der Waals surface area contributed by atoms with Gasteiger partial charge in [0.2, 0.25) is 0 Å². The van der Waals surface area contributed by atoms with Crippen molar-refractivity contribution >= 4 is 35.1 Å². The van der Waals surface area contributed by atoms with Gasteiger partial charge in [-0.3, -0.25) is 9.59 Å². The van der Waals surface area contributed by atoms with Crippen molar-refractivity contribution in [1.29, 1.82) is 0 Å². The Hall–Kier alpha value is -2.08. The molecule has 2 N–H and O–H groups in total. The Kier molecular flexibility index (Phi) is 6.68. The average molecular weight is 313 g/mol. The van der Waals surface area contributed by atoms with Crippen LogP contribution in [0.25, 0.3) is 0 Å². The van der Waals surface area contributed by atoms with E-state index in [-0.39, 0.29) is 23.8 Å². The van der Waals surface area contributed by atoms with Gasteiger partial charge in [-0.1, -0.05) is 18.5 Å². The van der Waals surface area contributed by atoms with Crippen molar-refractivity contribution in [2.45, 2.75) is 20.3 Å². The molecule has 114 valence electrons.